The summed E-state index contributed by atoms with van der Waals surface area (Å²) in [5.41, 5.74) is 6.43. The van der Waals surface area contributed by atoms with Crippen LogP contribution in [0.4, 0.5) is 5.69 Å². The van der Waals surface area contributed by atoms with Crippen LogP contribution < -0.4 is 11.1 Å². The molecule has 0 aromatic heterocycles. The van der Waals surface area contributed by atoms with Gasteiger partial charge in [0.25, 0.3) is 0 Å². The quantitative estimate of drug-likeness (QED) is 0.779. The summed E-state index contributed by atoms with van der Waals surface area (Å²) in [5.74, 6) is 0. The molecule has 0 aliphatic heterocycles. The lowest BCUT2D eigenvalue weighted by Crippen LogP contribution is -2.22. The monoisotopic (exact) mass is 228 g/mol. The third kappa shape index (κ3) is 3.94. The molecular weight excluding hydrogens is 216 g/mol. The van der Waals surface area contributed by atoms with Crippen LogP contribution >= 0.6 is 23.8 Å². The third-order valence-electron chi connectivity index (χ3n) is 1.75. The van der Waals surface area contributed by atoms with Gasteiger partial charge in [-0.3, -0.25) is 0 Å². The second-order valence-electron chi connectivity index (χ2n) is 3.23. The summed E-state index contributed by atoms with van der Waals surface area (Å²) in [4.78, 5) is 0.520. The lowest BCUT2D eigenvalue weighted by molar-refractivity contribution is 0.839. The fourth-order valence-electron chi connectivity index (χ4n) is 1.22. The molecule has 0 heterocycles. The van der Waals surface area contributed by atoms with Crippen molar-refractivity contribution in [1.82, 2.24) is 0 Å². The summed E-state index contributed by atoms with van der Waals surface area (Å²) in [6, 6.07) is 7.80. The van der Waals surface area contributed by atoms with Crippen molar-refractivity contribution >= 4 is 34.5 Å². The molecule has 0 saturated carbocycles. The predicted octanol–water partition coefficient (Wildman–Crippen LogP) is 2.82. The summed E-state index contributed by atoms with van der Waals surface area (Å²) < 4.78 is 0. The van der Waals surface area contributed by atoms with Gasteiger partial charge in [0.2, 0.25) is 0 Å². The average molecular weight is 229 g/mol. The Morgan fingerprint density at radius 3 is 2.93 bits per heavy atom. The highest BCUT2D eigenvalue weighted by Crippen LogP contribution is 2.16. The van der Waals surface area contributed by atoms with Gasteiger partial charge in [0, 0.05) is 23.2 Å². The van der Waals surface area contributed by atoms with E-state index in [9.17, 15) is 0 Å². The summed E-state index contributed by atoms with van der Waals surface area (Å²) in [7, 11) is 0. The maximum atomic E-state index is 5.84. The fourth-order valence-corrected chi connectivity index (χ4v) is 1.66. The van der Waals surface area contributed by atoms with E-state index >= 15 is 0 Å². The lowest BCUT2D eigenvalue weighted by Gasteiger charge is -2.14. The molecule has 0 aliphatic carbocycles. The van der Waals surface area contributed by atoms with Crippen molar-refractivity contribution in [1.29, 1.82) is 0 Å². The Morgan fingerprint density at radius 1 is 1.64 bits per heavy atom. The topological polar surface area (TPSA) is 38.0 Å². The molecular formula is C10H13ClN2S. The summed E-state index contributed by atoms with van der Waals surface area (Å²) in [6.07, 6.45) is 0.682. The SMILES string of the molecule is CC(CC(N)=S)Nc1cccc(Cl)c1. The van der Waals surface area contributed by atoms with Crippen molar-refractivity contribution in [3.8, 4) is 0 Å². The largest absolute Gasteiger partial charge is 0.393 e. The van der Waals surface area contributed by atoms with Gasteiger partial charge >= 0.3 is 0 Å². The molecule has 0 radical (unpaired) electrons. The van der Waals surface area contributed by atoms with Gasteiger partial charge in [0.15, 0.2) is 0 Å². The third-order valence-corrected chi connectivity index (χ3v) is 2.15. The Morgan fingerprint density at radius 2 is 2.36 bits per heavy atom. The molecule has 1 unspecified atom stereocenters. The van der Waals surface area contributed by atoms with E-state index in [0.29, 0.717) is 11.4 Å². The first-order chi connectivity index (χ1) is 6.58. The molecule has 1 rings (SSSR count). The van der Waals surface area contributed by atoms with E-state index < -0.39 is 0 Å². The standard InChI is InChI=1S/C10H13ClN2S/c1-7(5-10(12)14)13-9-4-2-3-8(11)6-9/h2-4,6-7,13H,5H2,1H3,(H2,12,14). The zero-order valence-corrected chi connectivity index (χ0v) is 9.53. The molecule has 1 atom stereocenters. The molecule has 0 amide bonds. The van der Waals surface area contributed by atoms with E-state index in [4.69, 9.17) is 29.6 Å². The molecule has 0 saturated heterocycles. The van der Waals surface area contributed by atoms with Crippen LogP contribution in [0, 0.1) is 0 Å². The molecule has 0 spiro atoms. The van der Waals surface area contributed by atoms with Crippen LogP contribution in [0.25, 0.3) is 0 Å². The zero-order chi connectivity index (χ0) is 10.6. The van der Waals surface area contributed by atoms with Crippen LogP contribution in [0.5, 0.6) is 0 Å². The van der Waals surface area contributed by atoms with Gasteiger partial charge in [0.05, 0.1) is 4.99 Å². The van der Waals surface area contributed by atoms with E-state index in [0.717, 1.165) is 10.7 Å². The van der Waals surface area contributed by atoms with E-state index in [1.165, 1.54) is 0 Å². The average Bonchev–Trinajstić information content (AvgIpc) is 2.01. The first-order valence-electron chi connectivity index (χ1n) is 4.38. The van der Waals surface area contributed by atoms with Gasteiger partial charge in [-0.05, 0) is 25.1 Å². The maximum absolute atomic E-state index is 5.84. The molecule has 2 nitrogen and oxygen atoms in total. The predicted molar refractivity (Wildman–Crippen MR) is 65.9 cm³/mol. The van der Waals surface area contributed by atoms with Gasteiger partial charge < -0.3 is 11.1 Å². The first-order valence-corrected chi connectivity index (χ1v) is 5.17. The minimum absolute atomic E-state index is 0.228. The molecule has 1 aromatic carbocycles. The summed E-state index contributed by atoms with van der Waals surface area (Å²) in [5, 5.41) is 3.98. The molecule has 0 aliphatic rings. The van der Waals surface area contributed by atoms with E-state index in [2.05, 4.69) is 5.32 Å². The van der Waals surface area contributed by atoms with Gasteiger partial charge in [-0.2, -0.15) is 0 Å². The van der Waals surface area contributed by atoms with E-state index in [-0.39, 0.29) is 6.04 Å². The van der Waals surface area contributed by atoms with Crippen LogP contribution in [0.15, 0.2) is 24.3 Å². The van der Waals surface area contributed by atoms with Crippen LogP contribution in [-0.4, -0.2) is 11.0 Å². The van der Waals surface area contributed by atoms with E-state index in [1.807, 2.05) is 31.2 Å². The smallest absolute Gasteiger partial charge is 0.0747 e. The number of hydrogen-bond acceptors (Lipinski definition) is 2. The Kier molecular flexibility index (Phi) is 4.17. The second kappa shape index (κ2) is 5.17. The minimum atomic E-state index is 0.228. The van der Waals surface area contributed by atoms with Gasteiger partial charge in [-0.25, -0.2) is 0 Å². The Hall–Kier alpha value is -0.800. The molecule has 0 bridgehead atoms. The molecule has 4 heteroatoms. The van der Waals surface area contributed by atoms with Crippen LogP contribution in [0.1, 0.15) is 13.3 Å². The van der Waals surface area contributed by atoms with Gasteiger partial charge in [0.1, 0.15) is 0 Å². The van der Waals surface area contributed by atoms with Crippen molar-refractivity contribution in [3.05, 3.63) is 29.3 Å². The van der Waals surface area contributed by atoms with Gasteiger partial charge in [-0.15, -0.1) is 0 Å². The highest BCUT2D eigenvalue weighted by atomic mass is 35.5. The molecule has 14 heavy (non-hydrogen) atoms. The van der Waals surface area contributed by atoms with Crippen molar-refractivity contribution in [2.45, 2.75) is 19.4 Å². The number of nitrogens with one attached hydrogen (secondary N) is 1. The zero-order valence-electron chi connectivity index (χ0n) is 7.96. The normalized spacial score (nSPS) is 12.1. The lowest BCUT2D eigenvalue weighted by atomic mass is 10.2. The highest BCUT2D eigenvalue weighted by molar-refractivity contribution is 7.80. The molecule has 1 aromatic rings. The van der Waals surface area contributed by atoms with Gasteiger partial charge in [-0.1, -0.05) is 29.9 Å². The van der Waals surface area contributed by atoms with Crippen molar-refractivity contribution in [2.75, 3.05) is 5.32 Å². The van der Waals surface area contributed by atoms with Crippen molar-refractivity contribution in [3.63, 3.8) is 0 Å². The van der Waals surface area contributed by atoms with E-state index in [1.54, 1.807) is 0 Å². The second-order valence-corrected chi connectivity index (χ2v) is 4.19. The Bertz CT molecular complexity index is 328. The summed E-state index contributed by atoms with van der Waals surface area (Å²) >= 11 is 10.7. The summed E-state index contributed by atoms with van der Waals surface area (Å²) in [6.45, 7) is 2.03. The Labute approximate surface area is 94.4 Å². The van der Waals surface area contributed by atoms with Crippen LogP contribution in [-0.2, 0) is 0 Å². The first kappa shape index (κ1) is 11.3. The molecule has 0 fully saturated rings. The molecule has 76 valence electrons. The van der Waals surface area contributed by atoms with Crippen molar-refractivity contribution < 1.29 is 0 Å². The number of rotatable bonds is 4. The van der Waals surface area contributed by atoms with Crippen LogP contribution in [0.2, 0.25) is 5.02 Å². The fraction of sp³-hybridized carbons (Fsp3) is 0.300. The number of nitrogens with two attached hydrogens (primary N) is 1. The minimum Gasteiger partial charge on any atom is -0.393 e. The Balaban J connectivity index is 2.55. The number of thiocarbonyl (C=S) groups is 1. The number of benzene rings is 1. The molecule has 3 N–H and O–H groups in total. The number of hydrogen-bond donors (Lipinski definition) is 2. The van der Waals surface area contributed by atoms with Crippen molar-refractivity contribution in [2.24, 2.45) is 5.73 Å². The van der Waals surface area contributed by atoms with Crippen LogP contribution in [0.3, 0.4) is 0 Å². The number of anilines is 1. The maximum Gasteiger partial charge on any atom is 0.0747 e. The number of halogens is 1. The highest BCUT2D eigenvalue weighted by Gasteiger charge is 2.03.